The van der Waals surface area contributed by atoms with E-state index in [1.165, 1.54) is 25.9 Å². The molecule has 4 nitrogen and oxygen atoms in total. The lowest BCUT2D eigenvalue weighted by Crippen LogP contribution is -2.33. The molecule has 1 aromatic heterocycles. The molecule has 0 aliphatic carbocycles. The molecule has 1 fully saturated rings. The molecule has 1 aliphatic rings. The molecule has 1 saturated heterocycles. The molecule has 5 heteroatoms. The van der Waals surface area contributed by atoms with Crippen molar-refractivity contribution in [1.82, 2.24) is 14.5 Å². The zero-order valence-electron chi connectivity index (χ0n) is 11.1. The third-order valence-corrected chi connectivity index (χ3v) is 4.27. The number of nitrogen functional groups attached to an aromatic ring is 1. The molecule has 19 heavy (non-hydrogen) atoms. The van der Waals surface area contributed by atoms with E-state index < -0.39 is 0 Å². The Labute approximate surface area is 118 Å². The second kappa shape index (κ2) is 5.02. The number of fused-ring (bicyclic) bond motifs is 1. The molecule has 0 amide bonds. The van der Waals surface area contributed by atoms with Crippen molar-refractivity contribution in [3.05, 3.63) is 23.2 Å². The first-order chi connectivity index (χ1) is 9.16. The van der Waals surface area contributed by atoms with Gasteiger partial charge in [0.2, 0.25) is 5.95 Å². The maximum Gasteiger partial charge on any atom is 0.201 e. The van der Waals surface area contributed by atoms with E-state index >= 15 is 0 Å². The van der Waals surface area contributed by atoms with Crippen LogP contribution in [0.25, 0.3) is 11.0 Å². The maximum atomic E-state index is 6.16. The third kappa shape index (κ3) is 2.30. The molecule has 0 spiro atoms. The second-order valence-electron chi connectivity index (χ2n) is 5.28. The number of rotatable bonds is 3. The van der Waals surface area contributed by atoms with Gasteiger partial charge in [-0.2, -0.15) is 0 Å². The molecule has 2 aromatic rings. The van der Waals surface area contributed by atoms with Gasteiger partial charge in [0, 0.05) is 12.6 Å². The molecule has 102 valence electrons. The van der Waals surface area contributed by atoms with Crippen LogP contribution < -0.4 is 5.73 Å². The van der Waals surface area contributed by atoms with E-state index in [-0.39, 0.29) is 0 Å². The summed E-state index contributed by atoms with van der Waals surface area (Å²) in [5, 5.41) is 0.664. The van der Waals surface area contributed by atoms with Crippen molar-refractivity contribution >= 4 is 28.6 Å². The monoisotopic (exact) mass is 278 g/mol. The summed E-state index contributed by atoms with van der Waals surface area (Å²) in [6.07, 6.45) is 2.60. The van der Waals surface area contributed by atoms with Crippen LogP contribution in [0.2, 0.25) is 5.02 Å². The van der Waals surface area contributed by atoms with Gasteiger partial charge in [0.25, 0.3) is 0 Å². The van der Waals surface area contributed by atoms with Gasteiger partial charge < -0.3 is 10.3 Å². The molecule has 2 N–H and O–H groups in total. The fourth-order valence-corrected chi connectivity index (χ4v) is 3.10. The minimum Gasteiger partial charge on any atom is -0.369 e. The van der Waals surface area contributed by atoms with Gasteiger partial charge in [-0.05, 0) is 45.0 Å². The van der Waals surface area contributed by atoms with Crippen LogP contribution in [0.15, 0.2) is 18.2 Å². The number of benzene rings is 1. The van der Waals surface area contributed by atoms with E-state index in [1.807, 2.05) is 18.2 Å². The van der Waals surface area contributed by atoms with Crippen LogP contribution >= 0.6 is 11.6 Å². The average Bonchev–Trinajstić information content (AvgIpc) is 3.00. The molecule has 0 bridgehead atoms. The molecule has 1 aliphatic heterocycles. The number of anilines is 1. The van der Waals surface area contributed by atoms with Crippen LogP contribution in [0.4, 0.5) is 5.95 Å². The fourth-order valence-electron chi connectivity index (χ4n) is 2.88. The molecule has 1 aromatic carbocycles. The van der Waals surface area contributed by atoms with Gasteiger partial charge in [0.05, 0.1) is 10.5 Å². The number of nitrogens with zero attached hydrogens (tertiary/aromatic N) is 3. The summed E-state index contributed by atoms with van der Waals surface area (Å²) in [4.78, 5) is 6.89. The van der Waals surface area contributed by atoms with Crippen molar-refractivity contribution in [2.75, 3.05) is 18.8 Å². The number of likely N-dealkylation sites (tertiary alicyclic amines) is 1. The Morgan fingerprint density at radius 2 is 2.11 bits per heavy atom. The molecular formula is C14H19ClN4. The van der Waals surface area contributed by atoms with E-state index in [9.17, 15) is 0 Å². The van der Waals surface area contributed by atoms with E-state index in [4.69, 9.17) is 17.3 Å². The van der Waals surface area contributed by atoms with Gasteiger partial charge >= 0.3 is 0 Å². The van der Waals surface area contributed by atoms with Crippen LogP contribution in [-0.4, -0.2) is 33.6 Å². The second-order valence-corrected chi connectivity index (χ2v) is 5.69. The number of halogens is 1. The number of nitrogens with two attached hydrogens (primary N) is 1. The SMILES string of the molecule is CC(Cn1c(N)nc2c(Cl)cccc21)N1CCCC1. The van der Waals surface area contributed by atoms with Crippen molar-refractivity contribution in [3.8, 4) is 0 Å². The Morgan fingerprint density at radius 1 is 1.37 bits per heavy atom. The Morgan fingerprint density at radius 3 is 2.84 bits per heavy atom. The van der Waals surface area contributed by atoms with Gasteiger partial charge in [-0.1, -0.05) is 17.7 Å². The van der Waals surface area contributed by atoms with Gasteiger partial charge in [0.1, 0.15) is 5.52 Å². The number of aromatic nitrogens is 2. The first kappa shape index (κ1) is 12.8. The highest BCUT2D eigenvalue weighted by Gasteiger charge is 2.20. The maximum absolute atomic E-state index is 6.16. The largest absolute Gasteiger partial charge is 0.369 e. The summed E-state index contributed by atoms with van der Waals surface area (Å²) < 4.78 is 2.07. The van der Waals surface area contributed by atoms with Crippen LogP contribution in [0, 0.1) is 0 Å². The standard InChI is InChI=1S/C14H19ClN4/c1-10(18-7-2-3-8-18)9-19-12-6-4-5-11(15)13(12)17-14(19)16/h4-6,10H,2-3,7-9H2,1H3,(H2,16,17). The quantitative estimate of drug-likeness (QED) is 0.939. The zero-order chi connectivity index (χ0) is 13.4. The van der Waals surface area contributed by atoms with Crippen molar-refractivity contribution in [3.63, 3.8) is 0 Å². The lowest BCUT2D eigenvalue weighted by molar-refractivity contribution is 0.238. The van der Waals surface area contributed by atoms with Crippen LogP contribution in [0.3, 0.4) is 0 Å². The molecule has 0 radical (unpaired) electrons. The number of imidazole rings is 1. The molecule has 1 unspecified atom stereocenters. The molecule has 1 atom stereocenters. The lowest BCUT2D eigenvalue weighted by Gasteiger charge is -2.24. The third-order valence-electron chi connectivity index (χ3n) is 3.97. The number of hydrogen-bond donors (Lipinski definition) is 1. The van der Waals surface area contributed by atoms with Crippen molar-refractivity contribution in [1.29, 1.82) is 0 Å². The summed E-state index contributed by atoms with van der Waals surface area (Å²) in [5.41, 5.74) is 7.87. The van der Waals surface area contributed by atoms with Crippen molar-refractivity contribution < 1.29 is 0 Å². The highest BCUT2D eigenvalue weighted by atomic mass is 35.5. The Bertz CT molecular complexity index is 586. The number of hydrogen-bond acceptors (Lipinski definition) is 3. The number of para-hydroxylation sites is 1. The Kier molecular flexibility index (Phi) is 3.37. The minimum atomic E-state index is 0.473. The van der Waals surface area contributed by atoms with E-state index in [0.29, 0.717) is 17.0 Å². The predicted octanol–water partition coefficient (Wildman–Crippen LogP) is 2.76. The normalized spacial score (nSPS) is 18.2. The summed E-state index contributed by atoms with van der Waals surface area (Å²) in [7, 11) is 0. The zero-order valence-corrected chi connectivity index (χ0v) is 11.9. The van der Waals surface area contributed by atoms with Crippen LogP contribution in [0.5, 0.6) is 0 Å². The van der Waals surface area contributed by atoms with E-state index in [2.05, 4.69) is 21.4 Å². The molecule has 0 saturated carbocycles. The lowest BCUT2D eigenvalue weighted by atomic mass is 10.2. The van der Waals surface area contributed by atoms with Crippen LogP contribution in [-0.2, 0) is 6.54 Å². The Balaban J connectivity index is 1.91. The Hall–Kier alpha value is -1.26. The van der Waals surface area contributed by atoms with E-state index in [1.54, 1.807) is 0 Å². The summed E-state index contributed by atoms with van der Waals surface area (Å²) in [5.74, 6) is 0.550. The summed E-state index contributed by atoms with van der Waals surface area (Å²) in [6, 6.07) is 6.30. The topological polar surface area (TPSA) is 47.1 Å². The first-order valence-electron chi connectivity index (χ1n) is 6.81. The average molecular weight is 279 g/mol. The molecule has 3 rings (SSSR count). The van der Waals surface area contributed by atoms with Gasteiger partial charge in [-0.3, -0.25) is 4.90 Å². The van der Waals surface area contributed by atoms with Crippen molar-refractivity contribution in [2.45, 2.75) is 32.4 Å². The van der Waals surface area contributed by atoms with Crippen LogP contribution in [0.1, 0.15) is 19.8 Å². The smallest absolute Gasteiger partial charge is 0.201 e. The fraction of sp³-hybridized carbons (Fsp3) is 0.500. The van der Waals surface area contributed by atoms with Gasteiger partial charge in [0.15, 0.2) is 0 Å². The summed E-state index contributed by atoms with van der Waals surface area (Å²) >= 11 is 6.16. The highest BCUT2D eigenvalue weighted by molar-refractivity contribution is 6.35. The van der Waals surface area contributed by atoms with Gasteiger partial charge in [-0.15, -0.1) is 0 Å². The van der Waals surface area contributed by atoms with Crippen molar-refractivity contribution in [2.24, 2.45) is 0 Å². The first-order valence-corrected chi connectivity index (χ1v) is 7.19. The summed E-state index contributed by atoms with van der Waals surface area (Å²) in [6.45, 7) is 5.49. The van der Waals surface area contributed by atoms with Gasteiger partial charge in [-0.25, -0.2) is 4.98 Å². The molecular weight excluding hydrogens is 260 g/mol. The minimum absolute atomic E-state index is 0.473. The highest BCUT2D eigenvalue weighted by Crippen LogP contribution is 2.26. The van der Waals surface area contributed by atoms with E-state index in [0.717, 1.165) is 17.6 Å². The molecule has 2 heterocycles. The predicted molar refractivity (Wildman–Crippen MR) is 79.4 cm³/mol.